The van der Waals surface area contributed by atoms with Crippen LogP contribution in [0.15, 0.2) is 30.3 Å². The van der Waals surface area contributed by atoms with Crippen LogP contribution in [0.4, 0.5) is 0 Å². The molecule has 6 N–H and O–H groups in total. The number of rotatable bonds is 12. The van der Waals surface area contributed by atoms with Gasteiger partial charge >= 0.3 is 25.0 Å². The van der Waals surface area contributed by atoms with Crippen molar-refractivity contribution in [1.82, 2.24) is 5.32 Å². The number of carbonyl (C=O) groups excluding carboxylic acids is 2. The Kier molecular flexibility index (Phi) is 8.97. The van der Waals surface area contributed by atoms with Crippen LogP contribution in [0.5, 0.6) is 0 Å². The summed E-state index contributed by atoms with van der Waals surface area (Å²) in [6.45, 7) is 3.66. The molecule has 1 amide bonds. The molecule has 1 heterocycles. The summed E-state index contributed by atoms with van der Waals surface area (Å²) in [5.74, 6) is -5.84. The third-order valence-corrected chi connectivity index (χ3v) is 5.18. The van der Waals surface area contributed by atoms with Crippen molar-refractivity contribution in [3.63, 3.8) is 0 Å². The Morgan fingerprint density at radius 3 is 2.21 bits per heavy atom. The Balaban J connectivity index is 2.15. The molecule has 33 heavy (non-hydrogen) atoms. The molecule has 1 aliphatic rings. The molecule has 2 rings (SSSR count). The number of amides is 1. The molecule has 0 spiro atoms. The number of aliphatic hydroxyl groups excluding tert-OH is 1. The minimum Gasteiger partial charge on any atom is -0.506 e. The average molecular weight is 464 g/mol. The molecule has 0 bridgehead atoms. The Labute approximate surface area is 191 Å². The van der Waals surface area contributed by atoms with Gasteiger partial charge in [-0.3, -0.25) is 19.2 Å². The summed E-state index contributed by atoms with van der Waals surface area (Å²) in [6.07, 6.45) is -2.94. The summed E-state index contributed by atoms with van der Waals surface area (Å²) >= 11 is 0. The summed E-state index contributed by atoms with van der Waals surface area (Å²) in [4.78, 5) is 47.6. The minimum atomic E-state index is -2.22. The molecule has 1 aliphatic heterocycles. The van der Waals surface area contributed by atoms with E-state index in [1.54, 1.807) is 12.1 Å². The first-order valence-electron chi connectivity index (χ1n) is 10.5. The van der Waals surface area contributed by atoms with E-state index in [4.69, 9.17) is 25.3 Å². The van der Waals surface area contributed by atoms with Gasteiger partial charge in [0.2, 0.25) is 5.91 Å². The van der Waals surface area contributed by atoms with E-state index in [9.17, 15) is 24.3 Å². The number of nitrogens with one attached hydrogen (secondary N) is 1. The summed E-state index contributed by atoms with van der Waals surface area (Å²) in [5, 5.41) is 31.3. The maximum Gasteiger partial charge on any atom is 0.552 e. The smallest absolute Gasteiger partial charge is 0.506 e. The zero-order chi connectivity index (χ0) is 24.8. The van der Waals surface area contributed by atoms with Crippen molar-refractivity contribution >= 4 is 30.9 Å². The number of carboxylic acids is 2. The molecule has 12 heteroatoms. The van der Waals surface area contributed by atoms with Crippen molar-refractivity contribution in [1.29, 1.82) is 0 Å². The predicted molar refractivity (Wildman–Crippen MR) is 116 cm³/mol. The van der Waals surface area contributed by atoms with Crippen molar-refractivity contribution in [2.75, 3.05) is 0 Å². The number of benzene rings is 1. The van der Waals surface area contributed by atoms with Crippen LogP contribution in [0.25, 0.3) is 0 Å². The second-order valence-electron chi connectivity index (χ2n) is 8.57. The van der Waals surface area contributed by atoms with Crippen LogP contribution in [-0.2, 0) is 34.9 Å². The number of nitrogens with two attached hydrogens (primary N) is 1. The van der Waals surface area contributed by atoms with Gasteiger partial charge in [-0.1, -0.05) is 44.2 Å². The van der Waals surface area contributed by atoms with E-state index in [0.717, 1.165) is 5.56 Å². The topological polar surface area (TPSA) is 185 Å². The lowest BCUT2D eigenvalue weighted by Gasteiger charge is -2.26. The van der Waals surface area contributed by atoms with Gasteiger partial charge in [0.25, 0.3) is 0 Å². The molecule has 1 saturated heterocycles. The largest absolute Gasteiger partial charge is 0.552 e. The fourth-order valence-corrected chi connectivity index (χ4v) is 3.66. The lowest BCUT2D eigenvalue weighted by Crippen LogP contribution is -2.55. The highest BCUT2D eigenvalue weighted by atomic mass is 16.7. The molecule has 11 nitrogen and oxygen atoms in total. The number of hydrogen-bond acceptors (Lipinski definition) is 8. The average Bonchev–Trinajstić information content (AvgIpc) is 3.01. The monoisotopic (exact) mass is 464 g/mol. The lowest BCUT2D eigenvalue weighted by molar-refractivity contribution is -0.157. The molecule has 0 radical (unpaired) electrons. The van der Waals surface area contributed by atoms with Crippen molar-refractivity contribution in [2.45, 2.75) is 63.2 Å². The standard InChI is InChI=1S/C21H29BN2O9/c1-12(2)8-15(22-32-20(31)21(33-22,10-16(25)26)11-17(27)28)24-19(30)18(29)14(23)9-13-6-4-3-5-7-13/h3-7,12,14-15,18,29H,8-11,23H2,1-2H3,(H,24,30)(H,25,26)(H,27,28)/t14-,15+,18+/m1/s1. The highest BCUT2D eigenvalue weighted by molar-refractivity contribution is 6.51. The van der Waals surface area contributed by atoms with Gasteiger partial charge in [0.1, 0.15) is 6.10 Å². The number of hydrogen-bond donors (Lipinski definition) is 5. The van der Waals surface area contributed by atoms with Crippen molar-refractivity contribution in [3.05, 3.63) is 35.9 Å². The fraction of sp³-hybridized carbons (Fsp3) is 0.524. The molecular weight excluding hydrogens is 435 g/mol. The van der Waals surface area contributed by atoms with Gasteiger partial charge in [0, 0.05) is 6.04 Å². The molecule has 180 valence electrons. The van der Waals surface area contributed by atoms with Crippen LogP contribution in [0.1, 0.15) is 38.7 Å². The van der Waals surface area contributed by atoms with E-state index in [1.807, 2.05) is 32.0 Å². The molecule has 1 aromatic carbocycles. The van der Waals surface area contributed by atoms with E-state index in [0.29, 0.717) is 0 Å². The molecule has 0 aliphatic carbocycles. The minimum absolute atomic E-state index is 0.0262. The number of aliphatic hydroxyl groups is 1. The van der Waals surface area contributed by atoms with Crippen molar-refractivity contribution in [2.24, 2.45) is 11.7 Å². The SMILES string of the molecule is CC(C)C[C@H](NC(=O)[C@@H](O)[C@H](N)Cc1ccccc1)B1OC(=O)C(CC(=O)O)(CC(=O)O)O1. The van der Waals surface area contributed by atoms with Gasteiger partial charge in [-0.2, -0.15) is 0 Å². The number of carbonyl (C=O) groups is 4. The molecule has 0 aromatic heterocycles. The third-order valence-electron chi connectivity index (χ3n) is 5.18. The van der Waals surface area contributed by atoms with E-state index < -0.39 is 67.5 Å². The summed E-state index contributed by atoms with van der Waals surface area (Å²) in [5.41, 5.74) is 4.61. The highest BCUT2D eigenvalue weighted by Crippen LogP contribution is 2.32. The van der Waals surface area contributed by atoms with Crippen LogP contribution in [0.3, 0.4) is 0 Å². The Morgan fingerprint density at radius 1 is 1.12 bits per heavy atom. The van der Waals surface area contributed by atoms with E-state index >= 15 is 0 Å². The van der Waals surface area contributed by atoms with Crippen LogP contribution in [0, 0.1) is 5.92 Å². The van der Waals surface area contributed by atoms with Gasteiger partial charge in [0.15, 0.2) is 5.60 Å². The van der Waals surface area contributed by atoms with Crippen LogP contribution < -0.4 is 11.1 Å². The molecule has 0 unspecified atom stereocenters. The van der Waals surface area contributed by atoms with E-state index in [1.165, 1.54) is 0 Å². The first kappa shape index (κ1) is 26.3. The van der Waals surface area contributed by atoms with E-state index in [2.05, 4.69) is 5.32 Å². The first-order chi connectivity index (χ1) is 15.4. The first-order valence-corrected chi connectivity index (χ1v) is 10.5. The molecular formula is C21H29BN2O9. The van der Waals surface area contributed by atoms with Crippen LogP contribution in [-0.4, -0.2) is 69.9 Å². The van der Waals surface area contributed by atoms with Gasteiger partial charge < -0.3 is 35.7 Å². The fourth-order valence-electron chi connectivity index (χ4n) is 3.66. The van der Waals surface area contributed by atoms with Gasteiger partial charge in [-0.15, -0.1) is 0 Å². The van der Waals surface area contributed by atoms with Crippen molar-refractivity contribution < 1.29 is 43.8 Å². The maximum atomic E-state index is 12.7. The third kappa shape index (κ3) is 7.27. The zero-order valence-corrected chi connectivity index (χ0v) is 18.5. The van der Waals surface area contributed by atoms with Crippen molar-refractivity contribution in [3.8, 4) is 0 Å². The molecule has 0 saturated carbocycles. The maximum absolute atomic E-state index is 12.7. The lowest BCUT2D eigenvalue weighted by atomic mass is 9.73. The predicted octanol–water partition coefficient (Wildman–Crippen LogP) is -0.263. The molecule has 1 aromatic rings. The molecule has 1 fully saturated rings. The second kappa shape index (κ2) is 11.3. The summed E-state index contributed by atoms with van der Waals surface area (Å²) < 4.78 is 10.7. The van der Waals surface area contributed by atoms with Crippen LogP contribution in [0.2, 0.25) is 0 Å². The second-order valence-corrected chi connectivity index (χ2v) is 8.57. The molecule has 3 atom stereocenters. The van der Waals surface area contributed by atoms with Crippen LogP contribution >= 0.6 is 0 Å². The zero-order valence-electron chi connectivity index (χ0n) is 18.5. The van der Waals surface area contributed by atoms with Gasteiger partial charge in [-0.05, 0) is 24.3 Å². The normalized spacial score (nSPS) is 17.8. The summed E-state index contributed by atoms with van der Waals surface area (Å²) in [6, 6.07) is 8.13. The number of carboxylic acid groups (broad SMARTS) is 2. The Bertz CT molecular complexity index is 849. The van der Waals surface area contributed by atoms with Gasteiger partial charge in [0.05, 0.1) is 18.8 Å². The van der Waals surface area contributed by atoms with E-state index in [-0.39, 0.29) is 18.8 Å². The Morgan fingerprint density at radius 2 is 1.70 bits per heavy atom. The summed E-state index contributed by atoms with van der Waals surface area (Å²) in [7, 11) is -1.43. The number of aliphatic carboxylic acids is 2. The van der Waals surface area contributed by atoms with Gasteiger partial charge in [-0.25, -0.2) is 0 Å². The highest BCUT2D eigenvalue weighted by Gasteiger charge is 2.58. The quantitative estimate of drug-likeness (QED) is 0.258. The Hall–Kier alpha value is -2.96.